The Morgan fingerprint density at radius 1 is 1.38 bits per heavy atom. The van der Waals surface area contributed by atoms with Crippen molar-refractivity contribution in [3.05, 3.63) is 51.9 Å². The molecule has 1 amide bonds. The van der Waals surface area contributed by atoms with Crippen LogP contribution in [-0.4, -0.2) is 11.0 Å². The summed E-state index contributed by atoms with van der Waals surface area (Å²) in [5.41, 5.74) is 2.16. The van der Waals surface area contributed by atoms with E-state index in [1.165, 1.54) is 0 Å². The van der Waals surface area contributed by atoms with Crippen LogP contribution < -0.4 is 5.32 Å². The van der Waals surface area contributed by atoms with Crippen LogP contribution >= 0.6 is 11.6 Å². The standard InChI is InChI=1S/C16H16ClNO3/c1-9-14-12(19)3-2-4-13(14)21-15(9)16(20)18-11-7-5-10(17)6-8-11/h5-8,12,19H,2-4H2,1H3,(H,18,20). The summed E-state index contributed by atoms with van der Waals surface area (Å²) in [5.74, 6) is 0.694. The van der Waals surface area contributed by atoms with Crippen molar-refractivity contribution in [3.8, 4) is 0 Å². The van der Waals surface area contributed by atoms with Gasteiger partial charge in [0.25, 0.3) is 5.91 Å². The molecular formula is C16H16ClNO3. The normalized spacial score (nSPS) is 17.4. The Kier molecular flexibility index (Phi) is 3.74. The molecule has 1 unspecified atom stereocenters. The maximum absolute atomic E-state index is 12.3. The maximum atomic E-state index is 12.3. The second-order valence-corrected chi connectivity index (χ2v) is 5.70. The highest BCUT2D eigenvalue weighted by Crippen LogP contribution is 2.35. The summed E-state index contributed by atoms with van der Waals surface area (Å²) in [4.78, 5) is 12.3. The van der Waals surface area contributed by atoms with Crippen molar-refractivity contribution in [2.45, 2.75) is 32.3 Å². The minimum absolute atomic E-state index is 0.274. The molecule has 0 spiro atoms. The third kappa shape index (κ3) is 2.69. The van der Waals surface area contributed by atoms with Gasteiger partial charge in [0, 0.05) is 28.3 Å². The number of nitrogens with one attached hydrogen (secondary N) is 1. The van der Waals surface area contributed by atoms with E-state index in [1.54, 1.807) is 24.3 Å². The number of rotatable bonds is 2. The monoisotopic (exact) mass is 305 g/mol. The summed E-state index contributed by atoms with van der Waals surface area (Å²) < 4.78 is 5.67. The van der Waals surface area contributed by atoms with E-state index in [0.29, 0.717) is 17.1 Å². The van der Waals surface area contributed by atoms with Crippen LogP contribution in [-0.2, 0) is 6.42 Å². The van der Waals surface area contributed by atoms with E-state index in [9.17, 15) is 9.90 Å². The van der Waals surface area contributed by atoms with E-state index in [-0.39, 0.29) is 11.7 Å². The second-order valence-electron chi connectivity index (χ2n) is 5.26. The zero-order valence-electron chi connectivity index (χ0n) is 11.6. The number of carbonyl (C=O) groups is 1. The highest BCUT2D eigenvalue weighted by atomic mass is 35.5. The molecule has 0 aliphatic heterocycles. The average molecular weight is 306 g/mol. The van der Waals surface area contributed by atoms with Gasteiger partial charge in [0.2, 0.25) is 0 Å². The molecule has 110 valence electrons. The van der Waals surface area contributed by atoms with Gasteiger partial charge in [-0.2, -0.15) is 0 Å². The van der Waals surface area contributed by atoms with Crippen molar-refractivity contribution in [1.82, 2.24) is 0 Å². The molecule has 4 nitrogen and oxygen atoms in total. The molecule has 0 fully saturated rings. The van der Waals surface area contributed by atoms with Crippen molar-refractivity contribution in [3.63, 3.8) is 0 Å². The van der Waals surface area contributed by atoms with Gasteiger partial charge in [-0.25, -0.2) is 0 Å². The average Bonchev–Trinajstić information content (AvgIpc) is 2.80. The highest BCUT2D eigenvalue weighted by Gasteiger charge is 2.28. The summed E-state index contributed by atoms with van der Waals surface area (Å²) in [6.45, 7) is 1.81. The number of hydrogen-bond donors (Lipinski definition) is 2. The number of aliphatic hydroxyl groups excluding tert-OH is 1. The van der Waals surface area contributed by atoms with Crippen LogP contribution in [0.2, 0.25) is 5.02 Å². The molecule has 1 aromatic carbocycles. The van der Waals surface area contributed by atoms with Crippen LogP contribution in [0.15, 0.2) is 28.7 Å². The van der Waals surface area contributed by atoms with Crippen LogP contribution in [0.1, 0.15) is 46.4 Å². The Morgan fingerprint density at radius 2 is 2.10 bits per heavy atom. The van der Waals surface area contributed by atoms with Gasteiger partial charge in [-0.15, -0.1) is 0 Å². The number of fused-ring (bicyclic) bond motifs is 1. The summed E-state index contributed by atoms with van der Waals surface area (Å²) in [6.07, 6.45) is 1.82. The Hall–Kier alpha value is -1.78. The van der Waals surface area contributed by atoms with Crippen LogP contribution in [0.4, 0.5) is 5.69 Å². The van der Waals surface area contributed by atoms with E-state index in [4.69, 9.17) is 16.0 Å². The first-order valence-corrected chi connectivity index (χ1v) is 7.31. The lowest BCUT2D eigenvalue weighted by atomic mass is 9.92. The lowest BCUT2D eigenvalue weighted by Crippen LogP contribution is -2.12. The van der Waals surface area contributed by atoms with E-state index >= 15 is 0 Å². The fraction of sp³-hybridized carbons (Fsp3) is 0.312. The first-order chi connectivity index (χ1) is 10.1. The van der Waals surface area contributed by atoms with Gasteiger partial charge in [-0.05, 0) is 44.0 Å². The third-order valence-electron chi connectivity index (χ3n) is 3.79. The molecule has 0 saturated carbocycles. The zero-order chi connectivity index (χ0) is 15.0. The number of aliphatic hydroxyl groups is 1. The van der Waals surface area contributed by atoms with E-state index in [1.807, 2.05) is 6.92 Å². The number of carbonyl (C=O) groups excluding carboxylic acids is 1. The van der Waals surface area contributed by atoms with E-state index < -0.39 is 6.10 Å². The maximum Gasteiger partial charge on any atom is 0.291 e. The smallest absolute Gasteiger partial charge is 0.291 e. The van der Waals surface area contributed by atoms with Crippen LogP contribution in [0.25, 0.3) is 0 Å². The number of halogens is 1. The van der Waals surface area contributed by atoms with Gasteiger partial charge in [0.15, 0.2) is 5.76 Å². The lowest BCUT2D eigenvalue weighted by molar-refractivity contribution is 0.0993. The summed E-state index contributed by atoms with van der Waals surface area (Å²) >= 11 is 5.82. The molecule has 0 bridgehead atoms. The van der Waals surface area contributed by atoms with Gasteiger partial charge in [0.05, 0.1) is 6.10 Å². The van der Waals surface area contributed by atoms with Crippen molar-refractivity contribution in [2.75, 3.05) is 5.32 Å². The molecule has 1 heterocycles. The fourth-order valence-corrected chi connectivity index (χ4v) is 2.87. The SMILES string of the molecule is Cc1c(C(=O)Nc2ccc(Cl)cc2)oc2c1C(O)CCC2. The Morgan fingerprint density at radius 3 is 2.76 bits per heavy atom. The van der Waals surface area contributed by atoms with E-state index in [2.05, 4.69) is 5.32 Å². The van der Waals surface area contributed by atoms with Crippen molar-refractivity contribution in [1.29, 1.82) is 0 Å². The largest absolute Gasteiger partial charge is 0.455 e. The molecule has 0 saturated heterocycles. The predicted octanol–water partition coefficient (Wildman–Crippen LogP) is 3.86. The number of benzene rings is 1. The minimum Gasteiger partial charge on any atom is -0.455 e. The molecule has 1 atom stereocenters. The van der Waals surface area contributed by atoms with E-state index in [0.717, 1.165) is 29.7 Å². The highest BCUT2D eigenvalue weighted by molar-refractivity contribution is 6.30. The minimum atomic E-state index is -0.533. The first kappa shape index (κ1) is 14.2. The molecule has 3 rings (SSSR count). The summed E-state index contributed by atoms with van der Waals surface area (Å²) in [7, 11) is 0. The van der Waals surface area contributed by atoms with Crippen LogP contribution in [0.5, 0.6) is 0 Å². The Balaban J connectivity index is 1.87. The number of aryl methyl sites for hydroxylation is 1. The number of anilines is 1. The topological polar surface area (TPSA) is 62.5 Å². The van der Waals surface area contributed by atoms with Crippen molar-refractivity contribution < 1.29 is 14.3 Å². The molecule has 5 heteroatoms. The number of amides is 1. The van der Waals surface area contributed by atoms with Gasteiger partial charge in [0.1, 0.15) is 5.76 Å². The zero-order valence-corrected chi connectivity index (χ0v) is 12.4. The number of hydrogen-bond acceptors (Lipinski definition) is 3. The van der Waals surface area contributed by atoms with Gasteiger partial charge >= 0.3 is 0 Å². The molecule has 2 aromatic rings. The Bertz CT molecular complexity index is 676. The molecule has 21 heavy (non-hydrogen) atoms. The van der Waals surface area contributed by atoms with Crippen LogP contribution in [0.3, 0.4) is 0 Å². The van der Waals surface area contributed by atoms with Crippen LogP contribution in [0, 0.1) is 6.92 Å². The van der Waals surface area contributed by atoms with Gasteiger partial charge in [-0.3, -0.25) is 4.79 Å². The second kappa shape index (κ2) is 5.54. The first-order valence-electron chi connectivity index (χ1n) is 6.93. The fourth-order valence-electron chi connectivity index (χ4n) is 2.75. The molecule has 1 aliphatic rings. The third-order valence-corrected chi connectivity index (χ3v) is 4.05. The molecule has 0 radical (unpaired) electrons. The molecule has 2 N–H and O–H groups in total. The van der Waals surface area contributed by atoms with Gasteiger partial charge in [-0.1, -0.05) is 11.6 Å². The Labute approximate surface area is 127 Å². The van der Waals surface area contributed by atoms with Crippen molar-refractivity contribution >= 4 is 23.2 Å². The summed E-state index contributed by atoms with van der Waals surface area (Å²) in [5, 5.41) is 13.4. The molecule has 1 aliphatic carbocycles. The van der Waals surface area contributed by atoms with Crippen molar-refractivity contribution in [2.24, 2.45) is 0 Å². The summed E-state index contributed by atoms with van der Waals surface area (Å²) in [6, 6.07) is 6.88. The lowest BCUT2D eigenvalue weighted by Gasteiger charge is -2.16. The predicted molar refractivity (Wildman–Crippen MR) is 80.7 cm³/mol. The van der Waals surface area contributed by atoms with Gasteiger partial charge < -0.3 is 14.8 Å². The molecule has 1 aromatic heterocycles. The number of furan rings is 1. The molecular weight excluding hydrogens is 290 g/mol. The quantitative estimate of drug-likeness (QED) is 0.885.